The second kappa shape index (κ2) is 6.47. The summed E-state index contributed by atoms with van der Waals surface area (Å²) >= 11 is 0. The maximum absolute atomic E-state index is 12.4. The van der Waals surface area contributed by atoms with Gasteiger partial charge in [0.15, 0.2) is 9.84 Å². The molecule has 0 heterocycles. The van der Waals surface area contributed by atoms with E-state index >= 15 is 0 Å². The first-order valence-electron chi connectivity index (χ1n) is 7.08. The molecule has 2 rings (SSSR count). The van der Waals surface area contributed by atoms with Crippen LogP contribution in [0.2, 0.25) is 0 Å². The SMILES string of the molecule is COc1ccc(S(=O)(=O)CC2CCCCC2)cc1C(=O)O. The minimum absolute atomic E-state index is 0.0614. The van der Waals surface area contributed by atoms with E-state index in [4.69, 9.17) is 9.84 Å². The van der Waals surface area contributed by atoms with Crippen molar-refractivity contribution in [1.82, 2.24) is 0 Å². The Morgan fingerprint density at radius 2 is 1.95 bits per heavy atom. The number of carboxylic acids is 1. The number of hydrogen-bond acceptors (Lipinski definition) is 4. The largest absolute Gasteiger partial charge is 0.496 e. The Kier molecular flexibility index (Phi) is 4.88. The molecule has 0 aliphatic heterocycles. The fraction of sp³-hybridized carbons (Fsp3) is 0.533. The van der Waals surface area contributed by atoms with Gasteiger partial charge in [0.25, 0.3) is 0 Å². The van der Waals surface area contributed by atoms with Crippen LogP contribution in [-0.2, 0) is 9.84 Å². The van der Waals surface area contributed by atoms with Crippen molar-refractivity contribution in [3.05, 3.63) is 23.8 Å². The number of hydrogen-bond donors (Lipinski definition) is 1. The van der Waals surface area contributed by atoms with Crippen LogP contribution in [0.25, 0.3) is 0 Å². The van der Waals surface area contributed by atoms with E-state index in [-0.39, 0.29) is 27.9 Å². The van der Waals surface area contributed by atoms with E-state index in [1.807, 2.05) is 0 Å². The monoisotopic (exact) mass is 312 g/mol. The number of aromatic carboxylic acids is 1. The maximum Gasteiger partial charge on any atom is 0.339 e. The summed E-state index contributed by atoms with van der Waals surface area (Å²) in [5.74, 6) is -0.752. The highest BCUT2D eigenvalue weighted by Crippen LogP contribution is 2.29. The molecule has 6 heteroatoms. The number of methoxy groups -OCH3 is 1. The molecular formula is C15H20O5S. The summed E-state index contributed by atoms with van der Waals surface area (Å²) in [6, 6.07) is 4.01. The van der Waals surface area contributed by atoms with Gasteiger partial charge in [-0.05, 0) is 37.0 Å². The van der Waals surface area contributed by atoms with Crippen LogP contribution < -0.4 is 4.74 Å². The van der Waals surface area contributed by atoms with Gasteiger partial charge in [-0.15, -0.1) is 0 Å². The summed E-state index contributed by atoms with van der Waals surface area (Å²) in [5.41, 5.74) is -0.123. The van der Waals surface area contributed by atoms with Gasteiger partial charge in [-0.25, -0.2) is 13.2 Å². The van der Waals surface area contributed by atoms with Gasteiger partial charge in [0.1, 0.15) is 11.3 Å². The van der Waals surface area contributed by atoms with E-state index in [1.165, 1.54) is 31.7 Å². The van der Waals surface area contributed by atoms with Crippen molar-refractivity contribution in [1.29, 1.82) is 0 Å². The zero-order valence-corrected chi connectivity index (χ0v) is 12.9. The third-order valence-corrected chi connectivity index (χ3v) is 5.82. The molecule has 0 unspecified atom stereocenters. The summed E-state index contributed by atoms with van der Waals surface area (Å²) in [6.45, 7) is 0. The molecule has 0 radical (unpaired) electrons. The summed E-state index contributed by atoms with van der Waals surface area (Å²) in [4.78, 5) is 11.2. The lowest BCUT2D eigenvalue weighted by molar-refractivity contribution is 0.0693. The molecule has 1 aromatic carbocycles. The topological polar surface area (TPSA) is 80.7 Å². The average molecular weight is 312 g/mol. The molecule has 1 fully saturated rings. The third kappa shape index (κ3) is 3.75. The highest BCUT2D eigenvalue weighted by atomic mass is 32.2. The Morgan fingerprint density at radius 3 is 2.52 bits per heavy atom. The van der Waals surface area contributed by atoms with Crippen LogP contribution in [0, 0.1) is 5.92 Å². The predicted molar refractivity (Wildman–Crippen MR) is 78.6 cm³/mol. The normalized spacial score (nSPS) is 16.6. The molecule has 0 bridgehead atoms. The molecule has 1 N–H and O–H groups in total. The Balaban J connectivity index is 2.27. The Morgan fingerprint density at radius 1 is 1.29 bits per heavy atom. The van der Waals surface area contributed by atoms with Gasteiger partial charge >= 0.3 is 5.97 Å². The predicted octanol–water partition coefficient (Wildman–Crippen LogP) is 2.75. The van der Waals surface area contributed by atoms with Crippen molar-refractivity contribution < 1.29 is 23.1 Å². The first kappa shape index (κ1) is 15.8. The zero-order valence-electron chi connectivity index (χ0n) is 12.0. The van der Waals surface area contributed by atoms with Crippen molar-refractivity contribution in [2.24, 2.45) is 5.92 Å². The molecule has 1 saturated carbocycles. The summed E-state index contributed by atoms with van der Waals surface area (Å²) in [6.07, 6.45) is 5.18. The third-order valence-electron chi connectivity index (χ3n) is 3.94. The van der Waals surface area contributed by atoms with Gasteiger partial charge in [-0.3, -0.25) is 0 Å². The molecule has 5 nitrogen and oxygen atoms in total. The minimum Gasteiger partial charge on any atom is -0.496 e. The molecule has 21 heavy (non-hydrogen) atoms. The Labute approximate surface area is 124 Å². The van der Waals surface area contributed by atoms with Gasteiger partial charge in [0, 0.05) is 0 Å². The minimum atomic E-state index is -3.46. The van der Waals surface area contributed by atoms with Crippen LogP contribution in [0.15, 0.2) is 23.1 Å². The fourth-order valence-electron chi connectivity index (χ4n) is 2.81. The Bertz CT molecular complexity index is 615. The van der Waals surface area contributed by atoms with Crippen LogP contribution in [0.1, 0.15) is 42.5 Å². The fourth-order valence-corrected chi connectivity index (χ4v) is 4.53. The number of carboxylic acid groups (broad SMARTS) is 1. The molecule has 0 aromatic heterocycles. The van der Waals surface area contributed by atoms with Gasteiger partial charge in [-0.1, -0.05) is 19.3 Å². The maximum atomic E-state index is 12.4. The first-order valence-corrected chi connectivity index (χ1v) is 8.73. The number of sulfone groups is 1. The second-order valence-corrected chi connectivity index (χ2v) is 7.49. The molecule has 0 atom stereocenters. The van der Waals surface area contributed by atoms with Crippen molar-refractivity contribution in [3.8, 4) is 5.75 Å². The van der Waals surface area contributed by atoms with Crippen molar-refractivity contribution >= 4 is 15.8 Å². The van der Waals surface area contributed by atoms with E-state index in [2.05, 4.69) is 0 Å². The van der Waals surface area contributed by atoms with Gasteiger partial charge in [-0.2, -0.15) is 0 Å². The van der Waals surface area contributed by atoms with E-state index in [0.717, 1.165) is 25.7 Å². The van der Waals surface area contributed by atoms with Gasteiger partial charge < -0.3 is 9.84 Å². The number of ether oxygens (including phenoxy) is 1. The molecule has 116 valence electrons. The first-order chi connectivity index (χ1) is 9.94. The molecule has 1 aliphatic carbocycles. The van der Waals surface area contributed by atoms with Crippen LogP contribution in [0.3, 0.4) is 0 Å². The Hall–Kier alpha value is -1.56. The highest BCUT2D eigenvalue weighted by Gasteiger charge is 2.24. The summed E-state index contributed by atoms with van der Waals surface area (Å²) in [5, 5.41) is 9.13. The standard InChI is InChI=1S/C15H20O5S/c1-20-14-8-7-12(9-13(14)15(16)17)21(18,19)10-11-5-3-2-4-6-11/h7-9,11H,2-6,10H2,1H3,(H,16,17). The van der Waals surface area contributed by atoms with E-state index in [0.29, 0.717) is 0 Å². The molecular weight excluding hydrogens is 292 g/mol. The lowest BCUT2D eigenvalue weighted by Crippen LogP contribution is -2.19. The van der Waals surface area contributed by atoms with Crippen LogP contribution in [0.4, 0.5) is 0 Å². The van der Waals surface area contributed by atoms with E-state index < -0.39 is 15.8 Å². The average Bonchev–Trinajstić information content (AvgIpc) is 2.47. The number of benzene rings is 1. The van der Waals surface area contributed by atoms with E-state index in [1.54, 1.807) is 0 Å². The van der Waals surface area contributed by atoms with Gasteiger partial charge in [0.05, 0.1) is 17.8 Å². The van der Waals surface area contributed by atoms with E-state index in [9.17, 15) is 13.2 Å². The number of rotatable bonds is 5. The summed E-state index contributed by atoms with van der Waals surface area (Å²) in [7, 11) is -2.10. The van der Waals surface area contributed by atoms with Crippen molar-refractivity contribution in [2.75, 3.05) is 12.9 Å². The molecule has 0 saturated heterocycles. The lowest BCUT2D eigenvalue weighted by Gasteiger charge is -2.21. The van der Waals surface area contributed by atoms with Crippen LogP contribution in [-0.4, -0.2) is 32.4 Å². The van der Waals surface area contributed by atoms with Gasteiger partial charge in [0.2, 0.25) is 0 Å². The van der Waals surface area contributed by atoms with Crippen molar-refractivity contribution in [3.63, 3.8) is 0 Å². The molecule has 0 spiro atoms. The zero-order chi connectivity index (χ0) is 15.5. The molecule has 1 aliphatic rings. The molecule has 0 amide bonds. The van der Waals surface area contributed by atoms with Crippen LogP contribution in [0.5, 0.6) is 5.75 Å². The molecule has 1 aromatic rings. The number of carbonyl (C=O) groups is 1. The quantitative estimate of drug-likeness (QED) is 0.904. The van der Waals surface area contributed by atoms with Crippen LogP contribution >= 0.6 is 0 Å². The highest BCUT2D eigenvalue weighted by molar-refractivity contribution is 7.91. The second-order valence-electron chi connectivity index (χ2n) is 5.45. The lowest BCUT2D eigenvalue weighted by atomic mass is 9.91. The smallest absolute Gasteiger partial charge is 0.339 e. The summed E-state index contributed by atoms with van der Waals surface area (Å²) < 4.78 is 29.8. The van der Waals surface area contributed by atoms with Crippen molar-refractivity contribution in [2.45, 2.75) is 37.0 Å².